The second-order valence-corrected chi connectivity index (χ2v) is 8.40. The summed E-state index contributed by atoms with van der Waals surface area (Å²) in [4.78, 5) is 16.2. The molecule has 0 spiro atoms. The molecular formula is C24H21F3N4O2S. The fraction of sp³-hybridized carbons (Fsp3) is 0.250. The smallest absolute Gasteiger partial charge is 0.433 e. The molecule has 34 heavy (non-hydrogen) atoms. The standard InChI is InChI=1S/C24H21F3N4O2S/c1-14-9-22(24(25,26)27)30-23(18(14)11-28)34-13-17-10-16(6-8-21(17)33-4)5-7-20(32)19-12-29-31(3)15(19)2/h5-10,12H,13H2,1-4H3/b7-5+. The van der Waals surface area contributed by atoms with Gasteiger partial charge in [-0.2, -0.15) is 23.5 Å². The van der Waals surface area contributed by atoms with E-state index in [2.05, 4.69) is 10.1 Å². The zero-order chi connectivity index (χ0) is 25.0. The average Bonchev–Trinajstić information content (AvgIpc) is 3.13. The number of halogens is 3. The number of benzene rings is 1. The number of pyridine rings is 1. The van der Waals surface area contributed by atoms with Gasteiger partial charge in [0, 0.05) is 24.1 Å². The third kappa shape index (κ3) is 5.48. The van der Waals surface area contributed by atoms with Crippen LogP contribution in [0.4, 0.5) is 13.2 Å². The van der Waals surface area contributed by atoms with Gasteiger partial charge >= 0.3 is 6.18 Å². The molecule has 0 saturated carbocycles. The van der Waals surface area contributed by atoms with Gasteiger partial charge in [0.15, 0.2) is 5.78 Å². The van der Waals surface area contributed by atoms with Crippen LogP contribution in [0.2, 0.25) is 0 Å². The molecule has 3 aromatic rings. The maximum atomic E-state index is 13.2. The van der Waals surface area contributed by atoms with Crippen LogP contribution in [0.15, 0.2) is 41.6 Å². The van der Waals surface area contributed by atoms with Gasteiger partial charge in [-0.25, -0.2) is 4.98 Å². The number of carbonyl (C=O) groups is 1. The van der Waals surface area contributed by atoms with Crippen molar-refractivity contribution in [3.8, 4) is 11.8 Å². The van der Waals surface area contributed by atoms with Crippen LogP contribution < -0.4 is 4.74 Å². The Morgan fingerprint density at radius 2 is 2.03 bits per heavy atom. The third-order valence-corrected chi connectivity index (χ3v) is 6.21. The van der Waals surface area contributed by atoms with Gasteiger partial charge < -0.3 is 4.74 Å². The first-order chi connectivity index (χ1) is 16.0. The van der Waals surface area contributed by atoms with Crippen LogP contribution in [-0.4, -0.2) is 27.7 Å². The van der Waals surface area contributed by atoms with Crippen LogP contribution in [0, 0.1) is 25.2 Å². The van der Waals surface area contributed by atoms with Crippen molar-refractivity contribution in [2.75, 3.05) is 7.11 Å². The first kappa shape index (κ1) is 25.1. The molecule has 10 heteroatoms. The highest BCUT2D eigenvalue weighted by Gasteiger charge is 2.34. The Morgan fingerprint density at radius 3 is 2.62 bits per heavy atom. The fourth-order valence-corrected chi connectivity index (χ4v) is 4.22. The summed E-state index contributed by atoms with van der Waals surface area (Å²) in [5, 5.41) is 13.5. The van der Waals surface area contributed by atoms with E-state index in [1.54, 1.807) is 42.9 Å². The van der Waals surface area contributed by atoms with E-state index < -0.39 is 11.9 Å². The molecule has 0 bridgehead atoms. The van der Waals surface area contributed by atoms with Crippen LogP contribution in [0.3, 0.4) is 0 Å². The van der Waals surface area contributed by atoms with E-state index >= 15 is 0 Å². The van der Waals surface area contributed by atoms with E-state index in [-0.39, 0.29) is 27.7 Å². The van der Waals surface area contributed by atoms with Gasteiger partial charge in [-0.05, 0) is 49.2 Å². The largest absolute Gasteiger partial charge is 0.496 e. The zero-order valence-electron chi connectivity index (χ0n) is 18.9. The maximum Gasteiger partial charge on any atom is 0.433 e. The lowest BCUT2D eigenvalue weighted by molar-refractivity contribution is -0.141. The van der Waals surface area contributed by atoms with Crippen molar-refractivity contribution in [1.29, 1.82) is 5.26 Å². The first-order valence-electron chi connectivity index (χ1n) is 10.0. The van der Waals surface area contributed by atoms with Crippen molar-refractivity contribution < 1.29 is 22.7 Å². The average molecular weight is 487 g/mol. The molecule has 0 atom stereocenters. The van der Waals surface area contributed by atoms with Gasteiger partial charge in [0.2, 0.25) is 0 Å². The summed E-state index contributed by atoms with van der Waals surface area (Å²) in [6.45, 7) is 3.25. The Hall–Kier alpha value is -3.58. The number of nitrogens with zero attached hydrogens (tertiary/aromatic N) is 4. The molecule has 2 heterocycles. The van der Waals surface area contributed by atoms with Crippen molar-refractivity contribution in [2.24, 2.45) is 7.05 Å². The van der Waals surface area contributed by atoms with Crippen molar-refractivity contribution in [3.63, 3.8) is 0 Å². The van der Waals surface area contributed by atoms with Gasteiger partial charge in [-0.3, -0.25) is 9.48 Å². The van der Waals surface area contributed by atoms with Crippen LogP contribution in [0.1, 0.15) is 44.0 Å². The van der Waals surface area contributed by atoms with E-state index in [1.165, 1.54) is 26.3 Å². The highest BCUT2D eigenvalue weighted by Crippen LogP contribution is 2.35. The number of rotatable bonds is 7. The molecular weight excluding hydrogens is 465 g/mol. The Bertz CT molecular complexity index is 1310. The van der Waals surface area contributed by atoms with Crippen molar-refractivity contribution in [2.45, 2.75) is 30.8 Å². The van der Waals surface area contributed by atoms with E-state index in [0.717, 1.165) is 23.5 Å². The lowest BCUT2D eigenvalue weighted by Gasteiger charge is -2.13. The van der Waals surface area contributed by atoms with Gasteiger partial charge in [-0.1, -0.05) is 12.1 Å². The quantitative estimate of drug-likeness (QED) is 0.249. The van der Waals surface area contributed by atoms with Crippen LogP contribution in [0.25, 0.3) is 6.08 Å². The molecule has 3 rings (SSSR count). The number of thioether (sulfide) groups is 1. The number of carbonyl (C=O) groups excluding carboxylic acids is 1. The molecule has 176 valence electrons. The minimum Gasteiger partial charge on any atom is -0.496 e. The van der Waals surface area contributed by atoms with Crippen LogP contribution >= 0.6 is 11.8 Å². The number of ether oxygens (including phenoxy) is 1. The topological polar surface area (TPSA) is 80.8 Å². The maximum absolute atomic E-state index is 13.2. The molecule has 0 N–H and O–H groups in total. The van der Waals surface area contributed by atoms with Gasteiger partial charge in [0.25, 0.3) is 0 Å². The summed E-state index contributed by atoms with van der Waals surface area (Å²) >= 11 is 1.02. The Morgan fingerprint density at radius 1 is 1.29 bits per heavy atom. The summed E-state index contributed by atoms with van der Waals surface area (Å²) in [5.74, 6) is 0.545. The molecule has 0 saturated heterocycles. The SMILES string of the molecule is COc1ccc(/C=C/C(=O)c2cnn(C)c2C)cc1CSc1nc(C(F)(F)F)cc(C)c1C#N. The minimum atomic E-state index is -4.62. The van der Waals surface area contributed by atoms with Crippen molar-refractivity contribution in [3.05, 3.63) is 75.7 Å². The minimum absolute atomic E-state index is 0.0000498. The predicted octanol–water partition coefficient (Wildman–Crippen LogP) is 5.52. The van der Waals surface area contributed by atoms with Crippen LogP contribution in [-0.2, 0) is 19.0 Å². The molecule has 2 aromatic heterocycles. The summed E-state index contributed by atoms with van der Waals surface area (Å²) in [6, 6.07) is 8.06. The molecule has 0 unspecified atom stereocenters. The number of hydrogen-bond donors (Lipinski definition) is 0. The van der Waals surface area contributed by atoms with E-state index in [4.69, 9.17) is 4.74 Å². The number of methoxy groups -OCH3 is 1. The second-order valence-electron chi connectivity index (χ2n) is 7.44. The highest BCUT2D eigenvalue weighted by atomic mass is 32.2. The normalized spacial score (nSPS) is 11.6. The number of aromatic nitrogens is 3. The third-order valence-electron chi connectivity index (χ3n) is 5.18. The molecule has 0 aliphatic heterocycles. The van der Waals surface area contributed by atoms with Gasteiger partial charge in [-0.15, -0.1) is 11.8 Å². The number of ketones is 1. The van der Waals surface area contributed by atoms with Crippen molar-refractivity contribution >= 4 is 23.6 Å². The summed E-state index contributed by atoms with van der Waals surface area (Å²) in [5.41, 5.74) is 1.90. The molecule has 0 aliphatic carbocycles. The van der Waals surface area contributed by atoms with E-state index in [1.807, 2.05) is 6.07 Å². The predicted molar refractivity (Wildman–Crippen MR) is 123 cm³/mol. The van der Waals surface area contributed by atoms with Gasteiger partial charge in [0.05, 0.1) is 24.4 Å². The van der Waals surface area contributed by atoms with Crippen LogP contribution in [0.5, 0.6) is 5.75 Å². The summed E-state index contributed by atoms with van der Waals surface area (Å²) in [6.07, 6.45) is -0.0193. The number of nitriles is 1. The highest BCUT2D eigenvalue weighted by molar-refractivity contribution is 7.98. The first-order valence-corrected chi connectivity index (χ1v) is 11.0. The Balaban J connectivity index is 1.86. The van der Waals surface area contributed by atoms with Crippen molar-refractivity contribution in [1.82, 2.24) is 14.8 Å². The molecule has 0 aliphatic rings. The molecule has 0 amide bonds. The monoisotopic (exact) mass is 486 g/mol. The summed E-state index contributed by atoms with van der Waals surface area (Å²) in [7, 11) is 3.24. The Labute approximate surface area is 199 Å². The number of hydrogen-bond acceptors (Lipinski definition) is 6. The van der Waals surface area contributed by atoms with E-state index in [9.17, 15) is 23.2 Å². The summed E-state index contributed by atoms with van der Waals surface area (Å²) < 4.78 is 46.6. The van der Waals surface area contributed by atoms with Gasteiger partial charge in [0.1, 0.15) is 22.5 Å². The molecule has 1 aromatic carbocycles. The Kier molecular flexibility index (Phi) is 7.47. The number of allylic oxidation sites excluding steroid dienone is 1. The fourth-order valence-electron chi connectivity index (χ4n) is 3.19. The van der Waals surface area contributed by atoms with E-state index in [0.29, 0.717) is 22.4 Å². The molecule has 0 radical (unpaired) electrons. The molecule has 6 nitrogen and oxygen atoms in total. The number of aryl methyl sites for hydroxylation is 2. The second kappa shape index (κ2) is 10.1. The lowest BCUT2D eigenvalue weighted by atomic mass is 10.1. The number of alkyl halides is 3. The zero-order valence-corrected chi connectivity index (χ0v) is 19.7. The molecule has 0 fully saturated rings. The lowest BCUT2D eigenvalue weighted by Crippen LogP contribution is -2.10.